The summed E-state index contributed by atoms with van der Waals surface area (Å²) in [6.45, 7) is 11.0. The Bertz CT molecular complexity index is 1160. The minimum atomic E-state index is 0.0188. The Balaban J connectivity index is 2.01. The highest BCUT2D eigenvalue weighted by atomic mass is 32.1. The van der Waals surface area contributed by atoms with E-state index >= 15 is 0 Å². The number of rotatable bonds is 4. The fourth-order valence-electron chi connectivity index (χ4n) is 3.47. The monoisotopic (exact) mass is 432 g/mol. The summed E-state index contributed by atoms with van der Waals surface area (Å²) in [6, 6.07) is 4.34. The third-order valence-corrected chi connectivity index (χ3v) is 8.30. The number of hydrogen-bond acceptors (Lipinski definition) is 7. The molecule has 0 atom stereocenters. The van der Waals surface area contributed by atoms with Crippen molar-refractivity contribution < 1.29 is 9.47 Å². The van der Waals surface area contributed by atoms with Gasteiger partial charge in [0, 0.05) is 11.0 Å². The summed E-state index contributed by atoms with van der Waals surface area (Å²) in [5.41, 5.74) is 4.29. The van der Waals surface area contributed by atoms with E-state index in [0.29, 0.717) is 5.92 Å². The van der Waals surface area contributed by atoms with Crippen LogP contribution in [0, 0.1) is 0 Å². The molecule has 0 aliphatic heterocycles. The van der Waals surface area contributed by atoms with Gasteiger partial charge in [0.25, 0.3) is 0 Å². The number of ether oxygens (including phenoxy) is 2. The zero-order chi connectivity index (χ0) is 20.2. The second-order valence-corrected chi connectivity index (χ2v) is 10.7. The summed E-state index contributed by atoms with van der Waals surface area (Å²) in [6.07, 6.45) is 0. The van der Waals surface area contributed by atoms with Crippen LogP contribution in [0.4, 0.5) is 0 Å². The van der Waals surface area contributed by atoms with Crippen molar-refractivity contribution in [1.82, 2.24) is 8.75 Å². The lowest BCUT2D eigenvalue weighted by molar-refractivity contribution is 0.407. The fraction of sp³-hybridized carbons (Fsp3) is 0.429. The summed E-state index contributed by atoms with van der Waals surface area (Å²) in [5, 5.41) is 0. The maximum atomic E-state index is 5.90. The Hall–Kier alpha value is -1.70. The van der Waals surface area contributed by atoms with E-state index in [9.17, 15) is 0 Å². The van der Waals surface area contributed by atoms with Gasteiger partial charge in [-0.2, -0.15) is 8.75 Å². The summed E-state index contributed by atoms with van der Waals surface area (Å²) in [5.74, 6) is 2.28. The quantitative estimate of drug-likeness (QED) is 0.346. The Morgan fingerprint density at radius 3 is 2.14 bits per heavy atom. The van der Waals surface area contributed by atoms with Gasteiger partial charge >= 0.3 is 0 Å². The Morgan fingerprint density at radius 1 is 0.893 bits per heavy atom. The van der Waals surface area contributed by atoms with E-state index in [1.54, 1.807) is 36.9 Å². The molecule has 148 valence electrons. The van der Waals surface area contributed by atoms with E-state index in [0.717, 1.165) is 42.4 Å². The molecule has 0 saturated heterocycles. The molecule has 3 aromatic heterocycles. The second-order valence-electron chi connectivity index (χ2n) is 8.16. The van der Waals surface area contributed by atoms with Gasteiger partial charge in [-0.15, -0.1) is 22.7 Å². The molecule has 0 saturated carbocycles. The molecule has 0 fully saturated rings. The molecule has 0 radical (unpaired) electrons. The molecule has 7 heteroatoms. The van der Waals surface area contributed by atoms with Crippen LogP contribution in [0.5, 0.6) is 11.5 Å². The molecule has 4 nitrogen and oxygen atoms in total. The highest BCUT2D eigenvalue weighted by Gasteiger charge is 2.29. The van der Waals surface area contributed by atoms with E-state index in [1.807, 2.05) is 0 Å². The van der Waals surface area contributed by atoms with E-state index in [4.69, 9.17) is 9.47 Å². The van der Waals surface area contributed by atoms with Crippen molar-refractivity contribution in [3.8, 4) is 21.9 Å². The van der Waals surface area contributed by atoms with Crippen molar-refractivity contribution in [2.24, 2.45) is 0 Å². The van der Waals surface area contributed by atoms with Gasteiger partial charge in [0.15, 0.2) is 11.5 Å². The van der Waals surface area contributed by atoms with Crippen LogP contribution >= 0.6 is 34.4 Å². The van der Waals surface area contributed by atoms with E-state index in [1.165, 1.54) is 22.2 Å². The molecular formula is C21H24N2O2S3. The molecule has 0 bridgehead atoms. The third kappa shape index (κ3) is 2.91. The summed E-state index contributed by atoms with van der Waals surface area (Å²) in [7, 11) is 3.50. The van der Waals surface area contributed by atoms with Crippen LogP contribution in [0.1, 0.15) is 51.0 Å². The largest absolute Gasteiger partial charge is 0.494 e. The van der Waals surface area contributed by atoms with Crippen molar-refractivity contribution in [2.75, 3.05) is 14.2 Å². The predicted molar refractivity (Wildman–Crippen MR) is 122 cm³/mol. The third-order valence-electron chi connectivity index (χ3n) is 4.84. The smallest absolute Gasteiger partial charge is 0.155 e. The Kier molecular flexibility index (Phi) is 4.88. The molecule has 28 heavy (non-hydrogen) atoms. The van der Waals surface area contributed by atoms with Gasteiger partial charge in [0.05, 0.1) is 45.1 Å². The maximum absolute atomic E-state index is 5.90. The number of aromatic nitrogens is 2. The van der Waals surface area contributed by atoms with E-state index in [2.05, 4.69) is 55.5 Å². The van der Waals surface area contributed by atoms with Gasteiger partial charge in [-0.1, -0.05) is 46.8 Å². The lowest BCUT2D eigenvalue weighted by Gasteiger charge is -2.18. The molecule has 4 aromatic rings. The Labute approximate surface area is 177 Å². The molecular weight excluding hydrogens is 408 g/mol. The molecule has 0 amide bonds. The van der Waals surface area contributed by atoms with Crippen molar-refractivity contribution in [3.05, 3.63) is 22.6 Å². The lowest BCUT2D eigenvalue weighted by Crippen LogP contribution is -2.09. The summed E-state index contributed by atoms with van der Waals surface area (Å²) >= 11 is 4.75. The van der Waals surface area contributed by atoms with Gasteiger partial charge in [0.1, 0.15) is 11.0 Å². The molecule has 0 N–H and O–H groups in total. The highest BCUT2D eigenvalue weighted by Crippen LogP contribution is 2.55. The standard InChI is InChI=1S/C21H24N2O2S3/c1-10(2)11-8-9-12(14-13(11)22-28-23-14)17-15(24-6)18-19(26-17)16(25-7)20(27-18)21(3,4)5/h8-10H,1-7H3. The zero-order valence-corrected chi connectivity index (χ0v) is 19.6. The molecule has 0 unspecified atom stereocenters. The Morgan fingerprint density at radius 2 is 1.54 bits per heavy atom. The van der Waals surface area contributed by atoms with E-state index < -0.39 is 0 Å². The number of methoxy groups -OCH3 is 2. The topological polar surface area (TPSA) is 44.2 Å². The van der Waals surface area contributed by atoms with Crippen LogP contribution in [0.2, 0.25) is 0 Å². The lowest BCUT2D eigenvalue weighted by atomic mass is 9.94. The SMILES string of the molecule is COc1c(-c2ccc(C(C)C)c3nsnc23)sc2c(OC)c(C(C)(C)C)sc12. The van der Waals surface area contributed by atoms with Gasteiger partial charge in [-0.05, 0) is 11.5 Å². The van der Waals surface area contributed by atoms with Crippen molar-refractivity contribution >= 4 is 54.8 Å². The first-order valence-corrected chi connectivity index (χ1v) is 11.6. The van der Waals surface area contributed by atoms with Crippen LogP contribution in [0.25, 0.3) is 30.9 Å². The average molecular weight is 433 g/mol. The predicted octanol–water partition coefficient (Wildman–Crippen LogP) is 7.07. The van der Waals surface area contributed by atoms with Crippen molar-refractivity contribution in [2.45, 2.75) is 46.0 Å². The van der Waals surface area contributed by atoms with Gasteiger partial charge in [-0.25, -0.2) is 0 Å². The zero-order valence-electron chi connectivity index (χ0n) is 17.2. The van der Waals surface area contributed by atoms with Crippen LogP contribution in [0.3, 0.4) is 0 Å². The molecule has 1 aromatic carbocycles. The second kappa shape index (κ2) is 6.97. The van der Waals surface area contributed by atoms with Crippen LogP contribution < -0.4 is 9.47 Å². The van der Waals surface area contributed by atoms with Crippen molar-refractivity contribution in [1.29, 1.82) is 0 Å². The van der Waals surface area contributed by atoms with Gasteiger partial charge < -0.3 is 9.47 Å². The first-order valence-electron chi connectivity index (χ1n) is 9.21. The number of thiophene rings is 2. The van der Waals surface area contributed by atoms with Gasteiger partial charge in [-0.3, -0.25) is 0 Å². The van der Waals surface area contributed by atoms with Crippen LogP contribution in [-0.2, 0) is 5.41 Å². The fourth-order valence-corrected chi connectivity index (χ4v) is 6.90. The summed E-state index contributed by atoms with van der Waals surface area (Å²) < 4.78 is 23.2. The minimum absolute atomic E-state index is 0.0188. The highest BCUT2D eigenvalue weighted by molar-refractivity contribution is 7.31. The first-order chi connectivity index (χ1) is 13.3. The molecule has 4 rings (SSSR count). The molecule has 0 aliphatic carbocycles. The molecule has 0 aliphatic rings. The number of nitrogens with zero attached hydrogens (tertiary/aromatic N) is 2. The number of hydrogen-bond donors (Lipinski definition) is 0. The van der Waals surface area contributed by atoms with E-state index in [-0.39, 0.29) is 5.41 Å². The van der Waals surface area contributed by atoms with Crippen LogP contribution in [0.15, 0.2) is 12.1 Å². The number of benzene rings is 1. The molecule has 0 spiro atoms. The maximum Gasteiger partial charge on any atom is 0.155 e. The number of fused-ring (bicyclic) bond motifs is 2. The summed E-state index contributed by atoms with van der Waals surface area (Å²) in [4.78, 5) is 2.34. The molecule has 3 heterocycles. The van der Waals surface area contributed by atoms with Crippen LogP contribution in [-0.4, -0.2) is 23.0 Å². The van der Waals surface area contributed by atoms with Crippen molar-refractivity contribution in [3.63, 3.8) is 0 Å². The first kappa shape index (κ1) is 19.6. The normalized spacial score (nSPS) is 12.4. The minimum Gasteiger partial charge on any atom is -0.494 e. The average Bonchev–Trinajstić information content (AvgIpc) is 3.32. The van der Waals surface area contributed by atoms with Gasteiger partial charge in [0.2, 0.25) is 0 Å².